The average molecular weight is 513 g/mol. The van der Waals surface area contributed by atoms with Crippen molar-refractivity contribution < 1.29 is 19.5 Å². The van der Waals surface area contributed by atoms with E-state index >= 15 is 0 Å². The minimum atomic E-state index is -1.07. The van der Waals surface area contributed by atoms with Crippen molar-refractivity contribution >= 4 is 58.8 Å². The fourth-order valence-corrected chi connectivity index (χ4v) is 6.02. The van der Waals surface area contributed by atoms with Gasteiger partial charge < -0.3 is 15.3 Å². The highest BCUT2D eigenvalue weighted by Gasteiger charge is 2.28. The van der Waals surface area contributed by atoms with Crippen LogP contribution in [0.25, 0.3) is 6.08 Å². The van der Waals surface area contributed by atoms with E-state index in [-0.39, 0.29) is 17.7 Å². The van der Waals surface area contributed by atoms with Gasteiger partial charge in [0.05, 0.1) is 10.0 Å². The van der Waals surface area contributed by atoms with Crippen LogP contribution < -0.4 is 5.32 Å². The van der Waals surface area contributed by atoms with Gasteiger partial charge in [-0.2, -0.15) is 0 Å². The number of nitrogens with zero attached hydrogens (tertiary/aromatic N) is 1. The van der Waals surface area contributed by atoms with Gasteiger partial charge in [-0.15, -0.1) is 11.8 Å². The number of hydrogen-bond donors (Lipinski definition) is 2. The molecule has 0 spiro atoms. The van der Waals surface area contributed by atoms with Crippen molar-refractivity contribution in [3.05, 3.63) is 33.8 Å². The van der Waals surface area contributed by atoms with Gasteiger partial charge in [0, 0.05) is 35.2 Å². The van der Waals surface area contributed by atoms with Crippen LogP contribution in [0.4, 0.5) is 0 Å². The Balaban J connectivity index is 1.53. The number of carboxylic acid groups (broad SMARTS) is 1. The third kappa shape index (κ3) is 7.14. The van der Waals surface area contributed by atoms with Crippen molar-refractivity contribution in [2.24, 2.45) is 5.92 Å². The second-order valence-electron chi connectivity index (χ2n) is 8.66. The number of thioether (sulfide) groups is 1. The Morgan fingerprint density at radius 1 is 1.09 bits per heavy atom. The van der Waals surface area contributed by atoms with E-state index in [1.54, 1.807) is 22.7 Å². The first-order chi connectivity index (χ1) is 15.8. The number of halogens is 2. The number of piperidine rings is 1. The van der Waals surface area contributed by atoms with Crippen LogP contribution >= 0.6 is 35.0 Å². The average Bonchev–Trinajstić information content (AvgIpc) is 2.82. The van der Waals surface area contributed by atoms with E-state index in [1.807, 2.05) is 12.1 Å². The SMILES string of the molecule is CC(NC(=O)C1CCN(C(=O)/C=C/c2ccc(SC3CCCCC3)c(Cl)c2Cl)CC1)C(=O)O. The van der Waals surface area contributed by atoms with Crippen molar-refractivity contribution in [1.82, 2.24) is 10.2 Å². The van der Waals surface area contributed by atoms with Gasteiger partial charge in [-0.1, -0.05) is 48.5 Å². The molecule has 1 saturated heterocycles. The minimum absolute atomic E-state index is 0.152. The Morgan fingerprint density at radius 3 is 2.39 bits per heavy atom. The van der Waals surface area contributed by atoms with E-state index in [1.165, 1.54) is 45.1 Å². The molecule has 2 N–H and O–H groups in total. The number of nitrogens with one attached hydrogen (secondary N) is 1. The van der Waals surface area contributed by atoms with Gasteiger partial charge in [-0.25, -0.2) is 0 Å². The number of likely N-dealkylation sites (tertiary alicyclic amines) is 1. The molecule has 1 aromatic carbocycles. The molecule has 2 aliphatic rings. The molecule has 1 aliphatic heterocycles. The molecular weight excluding hydrogens is 483 g/mol. The van der Waals surface area contributed by atoms with Crippen LogP contribution in [0.1, 0.15) is 57.4 Å². The van der Waals surface area contributed by atoms with Gasteiger partial charge in [0.2, 0.25) is 11.8 Å². The Morgan fingerprint density at radius 2 is 1.76 bits per heavy atom. The second kappa shape index (κ2) is 12.1. The maximum atomic E-state index is 12.6. The van der Waals surface area contributed by atoms with E-state index in [0.717, 1.165) is 4.90 Å². The summed E-state index contributed by atoms with van der Waals surface area (Å²) in [6, 6.07) is 2.94. The number of carbonyl (C=O) groups excluding carboxylic acids is 2. The van der Waals surface area contributed by atoms with Crippen molar-refractivity contribution in [3.8, 4) is 0 Å². The summed E-state index contributed by atoms with van der Waals surface area (Å²) in [6.45, 7) is 2.31. The molecule has 33 heavy (non-hydrogen) atoms. The standard InChI is InChI=1S/C24H30Cl2N2O4S/c1-15(24(31)32)27-23(30)17-11-13-28(14-12-17)20(29)10-8-16-7-9-19(22(26)21(16)25)33-18-5-3-2-4-6-18/h7-10,15,17-18H,2-6,11-14H2,1H3,(H,27,30)(H,31,32)/b10-8+. The highest BCUT2D eigenvalue weighted by Crippen LogP contribution is 2.41. The first-order valence-electron chi connectivity index (χ1n) is 11.4. The molecule has 6 nitrogen and oxygen atoms in total. The molecule has 0 bridgehead atoms. The van der Waals surface area contributed by atoms with E-state index in [2.05, 4.69) is 5.32 Å². The summed E-state index contributed by atoms with van der Waals surface area (Å²) in [6.07, 6.45) is 10.4. The molecule has 1 heterocycles. The molecular formula is C24H30Cl2N2O4S. The minimum Gasteiger partial charge on any atom is -0.480 e. The van der Waals surface area contributed by atoms with Gasteiger partial charge in [-0.3, -0.25) is 14.4 Å². The van der Waals surface area contributed by atoms with Crippen molar-refractivity contribution in [1.29, 1.82) is 0 Å². The van der Waals surface area contributed by atoms with Crippen LogP contribution in [0.2, 0.25) is 10.0 Å². The number of hydrogen-bond acceptors (Lipinski definition) is 4. The molecule has 3 rings (SSSR count). The smallest absolute Gasteiger partial charge is 0.325 e. The van der Waals surface area contributed by atoms with Gasteiger partial charge in [-0.05, 0) is 50.3 Å². The van der Waals surface area contributed by atoms with Crippen LogP contribution in [-0.4, -0.2) is 52.2 Å². The number of benzene rings is 1. The maximum absolute atomic E-state index is 12.6. The Bertz CT molecular complexity index is 910. The quantitative estimate of drug-likeness (QED) is 0.486. The predicted molar refractivity (Wildman–Crippen MR) is 133 cm³/mol. The largest absolute Gasteiger partial charge is 0.480 e. The van der Waals surface area contributed by atoms with Crippen LogP contribution in [-0.2, 0) is 14.4 Å². The number of carbonyl (C=O) groups is 3. The first kappa shape index (κ1) is 25.9. The normalized spacial score (nSPS) is 18.9. The fourth-order valence-electron chi connectivity index (χ4n) is 4.15. The van der Waals surface area contributed by atoms with Crippen LogP contribution in [0.3, 0.4) is 0 Å². The van der Waals surface area contributed by atoms with Crippen LogP contribution in [0.15, 0.2) is 23.1 Å². The third-order valence-corrected chi connectivity index (χ3v) is 8.64. The zero-order valence-corrected chi connectivity index (χ0v) is 21.0. The van der Waals surface area contributed by atoms with E-state index in [9.17, 15) is 14.4 Å². The predicted octanol–water partition coefficient (Wildman–Crippen LogP) is 5.26. The van der Waals surface area contributed by atoms with Crippen LogP contribution in [0.5, 0.6) is 0 Å². The van der Waals surface area contributed by atoms with Crippen LogP contribution in [0, 0.1) is 5.92 Å². The lowest BCUT2D eigenvalue weighted by Crippen LogP contribution is -2.46. The van der Waals surface area contributed by atoms with Crippen molar-refractivity contribution in [2.75, 3.05) is 13.1 Å². The maximum Gasteiger partial charge on any atom is 0.325 e. The lowest BCUT2D eigenvalue weighted by atomic mass is 9.95. The number of rotatable bonds is 7. The molecule has 1 aromatic rings. The second-order valence-corrected chi connectivity index (χ2v) is 10.8. The van der Waals surface area contributed by atoms with E-state index in [0.29, 0.717) is 46.8 Å². The summed E-state index contributed by atoms with van der Waals surface area (Å²) in [7, 11) is 0. The molecule has 0 radical (unpaired) electrons. The molecule has 1 saturated carbocycles. The van der Waals surface area contributed by atoms with Gasteiger partial charge in [0.15, 0.2) is 0 Å². The Kier molecular flexibility index (Phi) is 9.53. The summed E-state index contributed by atoms with van der Waals surface area (Å²) in [5.41, 5.74) is 0.694. The highest BCUT2D eigenvalue weighted by molar-refractivity contribution is 8.00. The van der Waals surface area contributed by atoms with Gasteiger partial charge in [0.25, 0.3) is 0 Å². The lowest BCUT2D eigenvalue weighted by molar-refractivity contribution is -0.142. The summed E-state index contributed by atoms with van der Waals surface area (Å²) < 4.78 is 0. The molecule has 1 aliphatic carbocycles. The zero-order chi connectivity index (χ0) is 24.0. The molecule has 2 amide bonds. The summed E-state index contributed by atoms with van der Waals surface area (Å²) in [5.74, 6) is -1.79. The van der Waals surface area contributed by atoms with Crippen molar-refractivity contribution in [2.45, 2.75) is 68.1 Å². The zero-order valence-electron chi connectivity index (χ0n) is 18.7. The molecule has 9 heteroatoms. The van der Waals surface area contributed by atoms with Crippen molar-refractivity contribution in [3.63, 3.8) is 0 Å². The molecule has 0 aromatic heterocycles. The monoisotopic (exact) mass is 512 g/mol. The molecule has 180 valence electrons. The molecule has 1 atom stereocenters. The Labute approximate surface area is 209 Å². The summed E-state index contributed by atoms with van der Waals surface area (Å²) in [5, 5.41) is 13.0. The summed E-state index contributed by atoms with van der Waals surface area (Å²) in [4.78, 5) is 38.4. The molecule has 2 fully saturated rings. The highest BCUT2D eigenvalue weighted by atomic mass is 35.5. The first-order valence-corrected chi connectivity index (χ1v) is 13.0. The van der Waals surface area contributed by atoms with E-state index in [4.69, 9.17) is 28.3 Å². The Hall–Kier alpha value is -1.70. The number of aliphatic carboxylic acids is 1. The van der Waals surface area contributed by atoms with E-state index < -0.39 is 12.0 Å². The third-order valence-electron chi connectivity index (χ3n) is 6.23. The topological polar surface area (TPSA) is 86.7 Å². The number of carboxylic acids is 1. The van der Waals surface area contributed by atoms with Gasteiger partial charge >= 0.3 is 5.97 Å². The van der Waals surface area contributed by atoms with Gasteiger partial charge in [0.1, 0.15) is 6.04 Å². The molecule has 1 unspecified atom stereocenters. The summed E-state index contributed by atoms with van der Waals surface area (Å²) >= 11 is 14.8. The lowest BCUT2D eigenvalue weighted by Gasteiger charge is -2.31. The fraction of sp³-hybridized carbons (Fsp3) is 0.542. The number of amides is 2.